The van der Waals surface area contributed by atoms with Gasteiger partial charge in [0, 0.05) is 12.0 Å². The average Bonchev–Trinajstić information content (AvgIpc) is 1.57. The van der Waals surface area contributed by atoms with Crippen LogP contribution >= 0.6 is 12.4 Å². The zero-order valence-corrected chi connectivity index (χ0v) is 6.28. The van der Waals surface area contributed by atoms with E-state index in [1.165, 1.54) is 0 Å². The summed E-state index contributed by atoms with van der Waals surface area (Å²) >= 11 is 0. The summed E-state index contributed by atoms with van der Waals surface area (Å²) in [4.78, 5) is 10.5. The number of hydrogen-bond donors (Lipinski definition) is 1. The molecule has 54 valence electrons. The lowest BCUT2D eigenvalue weighted by atomic mass is 9.79. The molecule has 0 bridgehead atoms. The first-order valence-electron chi connectivity index (χ1n) is 2.96. The van der Waals surface area contributed by atoms with E-state index in [1.54, 1.807) is 6.92 Å². The van der Waals surface area contributed by atoms with Crippen LogP contribution in [0.1, 0.15) is 19.8 Å². The van der Waals surface area contributed by atoms with Crippen molar-refractivity contribution in [2.75, 3.05) is 0 Å². The number of ketones is 1. The maximum atomic E-state index is 10.5. The summed E-state index contributed by atoms with van der Waals surface area (Å²) in [5.74, 6) is 0.594. The van der Waals surface area contributed by atoms with Crippen molar-refractivity contribution in [2.24, 2.45) is 11.7 Å². The van der Waals surface area contributed by atoms with Crippen LogP contribution in [0.25, 0.3) is 0 Å². The molecule has 0 saturated heterocycles. The fourth-order valence-corrected chi connectivity index (χ4v) is 0.994. The van der Waals surface area contributed by atoms with Gasteiger partial charge in [0.2, 0.25) is 0 Å². The largest absolute Gasteiger partial charge is 0.328 e. The van der Waals surface area contributed by atoms with Crippen LogP contribution in [0.2, 0.25) is 0 Å². The van der Waals surface area contributed by atoms with Crippen LogP contribution < -0.4 is 5.73 Å². The third-order valence-corrected chi connectivity index (χ3v) is 1.75. The van der Waals surface area contributed by atoms with Crippen molar-refractivity contribution >= 4 is 18.2 Å². The molecule has 2 N–H and O–H groups in total. The van der Waals surface area contributed by atoms with Crippen LogP contribution in [0.4, 0.5) is 0 Å². The molecule has 3 heteroatoms. The number of hydrogen-bond acceptors (Lipinski definition) is 2. The zero-order valence-electron chi connectivity index (χ0n) is 5.46. The maximum Gasteiger partial charge on any atom is 0.133 e. The lowest BCUT2D eigenvalue weighted by molar-refractivity contribution is -0.123. The number of rotatable bonds is 1. The van der Waals surface area contributed by atoms with Crippen molar-refractivity contribution in [3.8, 4) is 0 Å². The SMILES string of the molecule is CC(=O)C1CC(N)C1.Cl. The Morgan fingerprint density at radius 1 is 1.56 bits per heavy atom. The molecular weight excluding hydrogens is 138 g/mol. The molecule has 0 spiro atoms. The summed E-state index contributed by atoms with van der Waals surface area (Å²) in [6.07, 6.45) is 1.82. The molecule has 0 aromatic carbocycles. The molecule has 0 aliphatic heterocycles. The van der Waals surface area contributed by atoms with Gasteiger partial charge < -0.3 is 5.73 Å². The normalized spacial score (nSPS) is 32.2. The summed E-state index contributed by atoms with van der Waals surface area (Å²) in [6, 6.07) is 0.309. The molecule has 1 aliphatic carbocycles. The van der Waals surface area contributed by atoms with Crippen LogP contribution in [0.15, 0.2) is 0 Å². The van der Waals surface area contributed by atoms with E-state index in [0.717, 1.165) is 12.8 Å². The first kappa shape index (κ1) is 8.92. The highest BCUT2D eigenvalue weighted by Gasteiger charge is 2.28. The predicted octanol–water partition coefficient (Wildman–Crippen LogP) is 0.734. The third kappa shape index (κ3) is 1.95. The number of carbonyl (C=O) groups is 1. The van der Waals surface area contributed by atoms with Crippen molar-refractivity contribution in [3.05, 3.63) is 0 Å². The quantitative estimate of drug-likeness (QED) is 0.598. The number of halogens is 1. The molecule has 0 amide bonds. The summed E-state index contributed by atoms with van der Waals surface area (Å²) < 4.78 is 0. The van der Waals surface area contributed by atoms with E-state index in [1.807, 2.05) is 0 Å². The summed E-state index contributed by atoms with van der Waals surface area (Å²) in [5, 5.41) is 0. The van der Waals surface area contributed by atoms with Gasteiger partial charge in [-0.3, -0.25) is 4.79 Å². The van der Waals surface area contributed by atoms with Gasteiger partial charge in [-0.25, -0.2) is 0 Å². The third-order valence-electron chi connectivity index (χ3n) is 1.75. The van der Waals surface area contributed by atoms with Crippen LogP contribution in [-0.4, -0.2) is 11.8 Å². The molecule has 0 heterocycles. The smallest absolute Gasteiger partial charge is 0.133 e. The Balaban J connectivity index is 0.000000640. The second kappa shape index (κ2) is 3.18. The van der Waals surface area contributed by atoms with Crippen molar-refractivity contribution in [3.63, 3.8) is 0 Å². The van der Waals surface area contributed by atoms with Gasteiger partial charge in [0.1, 0.15) is 5.78 Å². The maximum absolute atomic E-state index is 10.5. The second-order valence-corrected chi connectivity index (χ2v) is 2.54. The fourth-order valence-electron chi connectivity index (χ4n) is 0.994. The van der Waals surface area contributed by atoms with Gasteiger partial charge in [0.25, 0.3) is 0 Å². The van der Waals surface area contributed by atoms with Gasteiger partial charge >= 0.3 is 0 Å². The van der Waals surface area contributed by atoms with E-state index in [-0.39, 0.29) is 12.4 Å². The second-order valence-electron chi connectivity index (χ2n) is 2.54. The van der Waals surface area contributed by atoms with Gasteiger partial charge in [-0.05, 0) is 19.8 Å². The van der Waals surface area contributed by atoms with Crippen LogP contribution in [0, 0.1) is 5.92 Å². The molecule has 1 fully saturated rings. The Morgan fingerprint density at radius 3 is 2.11 bits per heavy atom. The van der Waals surface area contributed by atoms with Crippen LogP contribution in [0.5, 0.6) is 0 Å². The molecule has 0 unspecified atom stereocenters. The molecule has 0 radical (unpaired) electrons. The Bertz CT molecular complexity index is 110. The number of Topliss-reactive ketones (excluding diaryl/α,β-unsaturated/α-hetero) is 1. The van der Waals surface area contributed by atoms with Crippen LogP contribution in [-0.2, 0) is 4.79 Å². The van der Waals surface area contributed by atoms with E-state index < -0.39 is 0 Å². The van der Waals surface area contributed by atoms with Gasteiger partial charge in [0.05, 0.1) is 0 Å². The summed E-state index contributed by atoms with van der Waals surface area (Å²) in [6.45, 7) is 1.64. The minimum Gasteiger partial charge on any atom is -0.328 e. The van der Waals surface area contributed by atoms with Gasteiger partial charge in [-0.2, -0.15) is 0 Å². The Kier molecular flexibility index (Phi) is 3.15. The summed E-state index contributed by atoms with van der Waals surface area (Å²) in [5.41, 5.74) is 5.45. The Morgan fingerprint density at radius 2 is 2.00 bits per heavy atom. The molecule has 0 aromatic heterocycles. The molecule has 1 rings (SSSR count). The van der Waals surface area contributed by atoms with E-state index >= 15 is 0 Å². The van der Waals surface area contributed by atoms with Crippen molar-refractivity contribution < 1.29 is 4.79 Å². The molecule has 0 aromatic rings. The van der Waals surface area contributed by atoms with E-state index in [2.05, 4.69) is 0 Å². The van der Waals surface area contributed by atoms with Crippen molar-refractivity contribution in [2.45, 2.75) is 25.8 Å². The van der Waals surface area contributed by atoms with Gasteiger partial charge in [-0.15, -0.1) is 12.4 Å². The first-order chi connectivity index (χ1) is 3.70. The van der Waals surface area contributed by atoms with E-state index in [9.17, 15) is 4.79 Å². The average molecular weight is 150 g/mol. The minimum absolute atomic E-state index is 0. The highest BCUT2D eigenvalue weighted by Crippen LogP contribution is 2.25. The lowest BCUT2D eigenvalue weighted by Gasteiger charge is -2.29. The molecular formula is C6H12ClNO. The fraction of sp³-hybridized carbons (Fsp3) is 0.833. The summed E-state index contributed by atoms with van der Waals surface area (Å²) in [7, 11) is 0. The zero-order chi connectivity index (χ0) is 6.15. The molecule has 1 aliphatic rings. The Hall–Kier alpha value is -0.0800. The first-order valence-corrected chi connectivity index (χ1v) is 2.96. The monoisotopic (exact) mass is 149 g/mol. The van der Waals surface area contributed by atoms with Gasteiger partial charge in [-0.1, -0.05) is 0 Å². The molecule has 2 nitrogen and oxygen atoms in total. The topological polar surface area (TPSA) is 43.1 Å². The highest BCUT2D eigenvalue weighted by atomic mass is 35.5. The van der Waals surface area contributed by atoms with Crippen molar-refractivity contribution in [1.82, 2.24) is 0 Å². The molecule has 0 atom stereocenters. The Labute approximate surface area is 61.2 Å². The molecule has 1 saturated carbocycles. The number of nitrogens with two attached hydrogens (primary N) is 1. The highest BCUT2D eigenvalue weighted by molar-refractivity contribution is 5.85. The molecule has 9 heavy (non-hydrogen) atoms. The van der Waals surface area contributed by atoms with Gasteiger partial charge in [0.15, 0.2) is 0 Å². The predicted molar refractivity (Wildman–Crippen MR) is 38.6 cm³/mol. The lowest BCUT2D eigenvalue weighted by Crippen LogP contribution is -2.39. The minimum atomic E-state index is 0. The van der Waals surface area contributed by atoms with E-state index in [0.29, 0.717) is 17.7 Å². The van der Waals surface area contributed by atoms with Crippen LogP contribution in [0.3, 0.4) is 0 Å². The van der Waals surface area contributed by atoms with Crippen molar-refractivity contribution in [1.29, 1.82) is 0 Å². The van der Waals surface area contributed by atoms with E-state index in [4.69, 9.17) is 5.73 Å². The standard InChI is InChI=1S/C6H11NO.ClH/c1-4(8)5-2-6(7)3-5;/h5-6H,2-3,7H2,1H3;1H. The number of carbonyl (C=O) groups excluding carboxylic acids is 1.